The molecule has 0 spiro atoms. The molecule has 4 unspecified atom stereocenters. The van der Waals surface area contributed by atoms with Gasteiger partial charge in [0.2, 0.25) is 11.8 Å². The van der Waals surface area contributed by atoms with E-state index in [1.807, 2.05) is 11.0 Å². The van der Waals surface area contributed by atoms with Gasteiger partial charge < -0.3 is 10.2 Å². The van der Waals surface area contributed by atoms with E-state index in [0.29, 0.717) is 25.9 Å². The van der Waals surface area contributed by atoms with Gasteiger partial charge in [-0.05, 0) is 49.0 Å². The molecule has 0 bridgehead atoms. The van der Waals surface area contributed by atoms with Crippen molar-refractivity contribution in [2.24, 2.45) is 5.92 Å². The number of amides is 2. The lowest BCUT2D eigenvalue weighted by Gasteiger charge is -2.42. The Morgan fingerprint density at radius 3 is 2.76 bits per heavy atom. The molecule has 156 valence electrons. The van der Waals surface area contributed by atoms with Crippen molar-refractivity contribution in [3.8, 4) is 0 Å². The lowest BCUT2D eigenvalue weighted by atomic mass is 9.81. The first-order valence-corrected chi connectivity index (χ1v) is 10.9. The van der Waals surface area contributed by atoms with Gasteiger partial charge in [0.25, 0.3) is 0 Å². The third kappa shape index (κ3) is 4.64. The second-order valence-corrected chi connectivity index (χ2v) is 8.73. The van der Waals surface area contributed by atoms with Crippen LogP contribution >= 0.6 is 11.6 Å². The van der Waals surface area contributed by atoms with E-state index in [0.717, 1.165) is 36.8 Å². The maximum atomic E-state index is 13.1. The Bertz CT molecular complexity index is 798. The average Bonchev–Trinajstić information content (AvgIpc) is 2.73. The molecule has 4 atom stereocenters. The Balaban J connectivity index is 1.28. The number of alkyl halides is 1. The summed E-state index contributed by atoms with van der Waals surface area (Å²) in [5, 5.41) is 6.42. The summed E-state index contributed by atoms with van der Waals surface area (Å²) in [7, 11) is 0. The highest BCUT2D eigenvalue weighted by atomic mass is 35.5. The molecule has 2 N–H and O–H groups in total. The van der Waals surface area contributed by atoms with Gasteiger partial charge in [0.05, 0.1) is 12.1 Å². The molecular weight excluding hydrogens is 393 g/mol. The number of hydrogen-bond donors (Lipinski definition) is 2. The molecule has 3 aliphatic rings. The molecular formula is C22H27ClFN3O2. The Morgan fingerprint density at radius 2 is 2.03 bits per heavy atom. The zero-order valence-electron chi connectivity index (χ0n) is 16.4. The van der Waals surface area contributed by atoms with E-state index in [2.05, 4.69) is 10.6 Å². The maximum absolute atomic E-state index is 13.1. The zero-order valence-corrected chi connectivity index (χ0v) is 17.1. The highest BCUT2D eigenvalue weighted by Crippen LogP contribution is 2.31. The minimum Gasteiger partial charge on any atom is -0.340 e. The van der Waals surface area contributed by atoms with Gasteiger partial charge in [-0.25, -0.2) is 4.39 Å². The monoisotopic (exact) mass is 419 g/mol. The molecule has 1 aromatic rings. The third-order valence-electron chi connectivity index (χ3n) is 6.29. The fraction of sp³-hybridized carbons (Fsp3) is 0.545. The standard InChI is InChI=1S/C22H27ClFN3O2/c23-18-3-1-2-17-21(18)25-19(26-22(17)29)8-9-20(28)27-12-10-15(11-13-27)14-4-6-16(24)7-5-14/h4-7,10,17-19,21,25H,1-3,8-9,11-13H2,(H,26,29). The van der Waals surface area contributed by atoms with E-state index >= 15 is 0 Å². The minimum absolute atomic E-state index is 0.00421. The first-order valence-electron chi connectivity index (χ1n) is 10.4. The smallest absolute Gasteiger partial charge is 0.225 e. The number of halogens is 2. The van der Waals surface area contributed by atoms with Crippen LogP contribution in [-0.4, -0.2) is 47.4 Å². The van der Waals surface area contributed by atoms with Crippen LogP contribution in [0.25, 0.3) is 5.57 Å². The van der Waals surface area contributed by atoms with Gasteiger partial charge in [-0.1, -0.05) is 24.6 Å². The summed E-state index contributed by atoms with van der Waals surface area (Å²) in [5.41, 5.74) is 2.15. The highest BCUT2D eigenvalue weighted by molar-refractivity contribution is 6.21. The Labute approximate surface area is 175 Å². The van der Waals surface area contributed by atoms with Crippen LogP contribution in [0, 0.1) is 11.7 Å². The van der Waals surface area contributed by atoms with E-state index < -0.39 is 0 Å². The highest BCUT2D eigenvalue weighted by Gasteiger charge is 2.41. The summed E-state index contributed by atoms with van der Waals surface area (Å²) < 4.78 is 13.1. The van der Waals surface area contributed by atoms with Crippen molar-refractivity contribution in [1.29, 1.82) is 0 Å². The average molecular weight is 420 g/mol. The third-order valence-corrected chi connectivity index (χ3v) is 6.78. The van der Waals surface area contributed by atoms with Crippen LogP contribution in [0.1, 0.15) is 44.1 Å². The van der Waals surface area contributed by atoms with Crippen molar-refractivity contribution in [3.63, 3.8) is 0 Å². The molecule has 5 nitrogen and oxygen atoms in total. The van der Waals surface area contributed by atoms with Gasteiger partial charge in [0.1, 0.15) is 5.82 Å². The summed E-state index contributed by atoms with van der Waals surface area (Å²) >= 11 is 6.43. The first-order chi connectivity index (χ1) is 14.0. The number of rotatable bonds is 4. The Morgan fingerprint density at radius 1 is 1.24 bits per heavy atom. The summed E-state index contributed by atoms with van der Waals surface area (Å²) in [6.45, 7) is 1.21. The number of benzene rings is 1. The Hall–Kier alpha value is -1.92. The van der Waals surface area contributed by atoms with E-state index in [4.69, 9.17) is 11.6 Å². The number of nitrogens with one attached hydrogen (secondary N) is 2. The topological polar surface area (TPSA) is 61.4 Å². The van der Waals surface area contributed by atoms with E-state index in [-0.39, 0.29) is 41.1 Å². The molecule has 2 aliphatic heterocycles. The van der Waals surface area contributed by atoms with Crippen LogP contribution in [0.3, 0.4) is 0 Å². The number of fused-ring (bicyclic) bond motifs is 1. The van der Waals surface area contributed by atoms with Gasteiger partial charge in [-0.3, -0.25) is 14.9 Å². The predicted molar refractivity (Wildman–Crippen MR) is 111 cm³/mol. The van der Waals surface area contributed by atoms with Gasteiger partial charge in [0, 0.05) is 30.9 Å². The van der Waals surface area contributed by atoms with Crippen molar-refractivity contribution in [2.75, 3.05) is 13.1 Å². The molecule has 4 rings (SSSR count). The second kappa shape index (κ2) is 8.84. The lowest BCUT2D eigenvalue weighted by Crippen LogP contribution is -2.65. The van der Waals surface area contributed by atoms with Gasteiger partial charge in [-0.15, -0.1) is 11.6 Å². The molecule has 2 heterocycles. The van der Waals surface area contributed by atoms with Gasteiger partial charge in [0.15, 0.2) is 0 Å². The number of carbonyl (C=O) groups is 2. The van der Waals surface area contributed by atoms with Crippen LogP contribution < -0.4 is 10.6 Å². The molecule has 2 amide bonds. The van der Waals surface area contributed by atoms with Crippen LogP contribution in [0.4, 0.5) is 4.39 Å². The van der Waals surface area contributed by atoms with Crippen molar-refractivity contribution in [3.05, 3.63) is 41.7 Å². The molecule has 0 radical (unpaired) electrons. The SMILES string of the molecule is O=C1NC(CCC(=O)N2CC=C(c3ccc(F)cc3)CC2)NC2C(Cl)CCCC12. The van der Waals surface area contributed by atoms with E-state index in [1.165, 1.54) is 12.1 Å². The summed E-state index contributed by atoms with van der Waals surface area (Å²) in [6.07, 6.45) is 6.30. The fourth-order valence-electron chi connectivity index (χ4n) is 4.61. The van der Waals surface area contributed by atoms with Crippen LogP contribution in [-0.2, 0) is 9.59 Å². The first kappa shape index (κ1) is 20.4. The zero-order chi connectivity index (χ0) is 20.4. The largest absolute Gasteiger partial charge is 0.340 e. The quantitative estimate of drug-likeness (QED) is 0.737. The molecule has 1 saturated heterocycles. The van der Waals surface area contributed by atoms with Crippen molar-refractivity contribution in [1.82, 2.24) is 15.5 Å². The number of hydrogen-bond acceptors (Lipinski definition) is 3. The normalized spacial score (nSPS) is 29.7. The van der Waals surface area contributed by atoms with E-state index in [1.54, 1.807) is 12.1 Å². The van der Waals surface area contributed by atoms with E-state index in [9.17, 15) is 14.0 Å². The second-order valence-electron chi connectivity index (χ2n) is 8.17. The van der Waals surface area contributed by atoms with Crippen molar-refractivity contribution < 1.29 is 14.0 Å². The molecule has 1 aliphatic carbocycles. The predicted octanol–water partition coefficient (Wildman–Crippen LogP) is 3.04. The van der Waals surface area contributed by atoms with Crippen LogP contribution in [0.2, 0.25) is 0 Å². The minimum atomic E-state index is -0.245. The van der Waals surface area contributed by atoms with Crippen LogP contribution in [0.15, 0.2) is 30.3 Å². The molecule has 29 heavy (non-hydrogen) atoms. The molecule has 1 saturated carbocycles. The molecule has 2 fully saturated rings. The van der Waals surface area contributed by atoms with Crippen molar-refractivity contribution in [2.45, 2.75) is 56.1 Å². The Kier molecular flexibility index (Phi) is 6.20. The van der Waals surface area contributed by atoms with Gasteiger partial charge >= 0.3 is 0 Å². The summed E-state index contributed by atoms with van der Waals surface area (Å²) in [4.78, 5) is 26.9. The van der Waals surface area contributed by atoms with Crippen molar-refractivity contribution >= 4 is 29.0 Å². The maximum Gasteiger partial charge on any atom is 0.225 e. The molecule has 0 aromatic heterocycles. The number of carbonyl (C=O) groups excluding carboxylic acids is 2. The van der Waals surface area contributed by atoms with Gasteiger partial charge in [-0.2, -0.15) is 0 Å². The summed E-state index contributed by atoms with van der Waals surface area (Å²) in [6, 6.07) is 6.47. The number of nitrogens with zero attached hydrogens (tertiary/aromatic N) is 1. The summed E-state index contributed by atoms with van der Waals surface area (Å²) in [5.74, 6) is -0.161. The molecule has 1 aromatic carbocycles. The molecule has 7 heteroatoms. The lowest BCUT2D eigenvalue weighted by molar-refractivity contribution is -0.133. The van der Waals surface area contributed by atoms with Crippen LogP contribution in [0.5, 0.6) is 0 Å². The fourth-order valence-corrected chi connectivity index (χ4v) is 5.02.